The predicted molar refractivity (Wildman–Crippen MR) is 110 cm³/mol. The summed E-state index contributed by atoms with van der Waals surface area (Å²) in [5.74, 6) is -0.297. The maximum absolute atomic E-state index is 12.3. The highest BCUT2D eigenvalue weighted by atomic mass is 35.5. The molecule has 2 aromatic carbocycles. The highest BCUT2D eigenvalue weighted by Gasteiger charge is 2.17. The van der Waals surface area contributed by atoms with Gasteiger partial charge in [0.05, 0.1) is 24.5 Å². The molecule has 0 bridgehead atoms. The second-order valence-electron chi connectivity index (χ2n) is 6.95. The van der Waals surface area contributed by atoms with Gasteiger partial charge in [0.15, 0.2) is 0 Å². The molecule has 0 amide bonds. The molecule has 0 atom stereocenters. The average Bonchev–Trinajstić information content (AvgIpc) is 2.74. The van der Waals surface area contributed by atoms with E-state index in [1.54, 1.807) is 12.1 Å². The molecule has 28 heavy (non-hydrogen) atoms. The van der Waals surface area contributed by atoms with E-state index in [9.17, 15) is 4.79 Å². The maximum Gasteiger partial charge on any atom is 0.338 e. The van der Waals surface area contributed by atoms with Gasteiger partial charge in [-0.25, -0.2) is 4.79 Å². The van der Waals surface area contributed by atoms with Crippen LogP contribution in [-0.4, -0.2) is 62.6 Å². The van der Waals surface area contributed by atoms with Crippen molar-refractivity contribution in [3.63, 3.8) is 0 Å². The molecule has 2 aliphatic rings. The van der Waals surface area contributed by atoms with Crippen LogP contribution in [0.3, 0.4) is 0 Å². The van der Waals surface area contributed by atoms with Crippen molar-refractivity contribution in [2.45, 2.75) is 6.42 Å². The molecule has 5 nitrogen and oxygen atoms in total. The van der Waals surface area contributed by atoms with Gasteiger partial charge >= 0.3 is 5.97 Å². The summed E-state index contributed by atoms with van der Waals surface area (Å²) in [5.41, 5.74) is 4.78. The van der Waals surface area contributed by atoms with E-state index in [0.717, 1.165) is 62.7 Å². The van der Waals surface area contributed by atoms with Gasteiger partial charge in [-0.1, -0.05) is 29.8 Å². The summed E-state index contributed by atoms with van der Waals surface area (Å²) in [7, 11) is 0. The van der Waals surface area contributed by atoms with Gasteiger partial charge in [-0.05, 0) is 36.2 Å². The number of hydrogen-bond donors (Lipinski definition) is 0. The number of nitrogens with zero attached hydrogens (tertiary/aromatic N) is 2. The van der Waals surface area contributed by atoms with Gasteiger partial charge in [0.25, 0.3) is 0 Å². The number of aliphatic imine (C=N–C) groups is 1. The zero-order chi connectivity index (χ0) is 19.3. The van der Waals surface area contributed by atoms with Gasteiger partial charge in [0.1, 0.15) is 6.61 Å². The second kappa shape index (κ2) is 8.86. The van der Waals surface area contributed by atoms with E-state index < -0.39 is 0 Å². The Labute approximate surface area is 169 Å². The van der Waals surface area contributed by atoms with Crippen molar-refractivity contribution in [2.75, 3.05) is 46.0 Å². The number of hydrogen-bond acceptors (Lipinski definition) is 5. The molecular weight excluding hydrogens is 376 g/mol. The molecule has 1 fully saturated rings. The quantitative estimate of drug-likeness (QED) is 0.725. The molecule has 2 aliphatic heterocycles. The van der Waals surface area contributed by atoms with Crippen LogP contribution < -0.4 is 0 Å². The number of carbonyl (C=O) groups excluding carboxylic acids is 1. The first-order valence-electron chi connectivity index (χ1n) is 9.61. The number of benzene rings is 2. The Hall–Kier alpha value is -2.21. The molecule has 0 radical (unpaired) electrons. The van der Waals surface area contributed by atoms with E-state index in [4.69, 9.17) is 21.1 Å². The van der Waals surface area contributed by atoms with Crippen LogP contribution in [0.15, 0.2) is 47.5 Å². The SMILES string of the molecule is O=C(OCCN1CCOCC1)c1ccc(C2=NCCc3ccc(Cl)cc32)cc1. The van der Waals surface area contributed by atoms with Crippen LogP contribution in [0.4, 0.5) is 0 Å². The van der Waals surface area contributed by atoms with Crippen molar-refractivity contribution in [2.24, 2.45) is 4.99 Å². The topological polar surface area (TPSA) is 51.1 Å². The summed E-state index contributed by atoms with van der Waals surface area (Å²) in [6.45, 7) is 5.15. The third kappa shape index (κ3) is 4.43. The molecule has 2 aromatic rings. The first kappa shape index (κ1) is 19.1. The van der Waals surface area contributed by atoms with Gasteiger partial charge in [-0.2, -0.15) is 0 Å². The van der Waals surface area contributed by atoms with Crippen molar-refractivity contribution in [3.05, 3.63) is 69.7 Å². The fraction of sp³-hybridized carbons (Fsp3) is 0.364. The molecule has 0 aromatic heterocycles. The number of halogens is 1. The average molecular weight is 399 g/mol. The molecular formula is C22H23ClN2O3. The Bertz CT molecular complexity index is 874. The molecule has 6 heteroatoms. The zero-order valence-corrected chi connectivity index (χ0v) is 16.5. The smallest absolute Gasteiger partial charge is 0.338 e. The molecule has 146 valence electrons. The lowest BCUT2D eigenvalue weighted by Crippen LogP contribution is -2.38. The van der Waals surface area contributed by atoms with Crippen LogP contribution in [-0.2, 0) is 15.9 Å². The lowest BCUT2D eigenvalue weighted by Gasteiger charge is -2.26. The third-order valence-electron chi connectivity index (χ3n) is 5.12. The summed E-state index contributed by atoms with van der Waals surface area (Å²) in [4.78, 5) is 19.2. The number of morpholine rings is 1. The third-order valence-corrected chi connectivity index (χ3v) is 5.35. The molecule has 2 heterocycles. The van der Waals surface area contributed by atoms with Crippen LogP contribution in [0.2, 0.25) is 5.02 Å². The zero-order valence-electron chi connectivity index (χ0n) is 15.7. The minimum atomic E-state index is -0.297. The number of fused-ring (bicyclic) bond motifs is 1. The van der Waals surface area contributed by atoms with E-state index >= 15 is 0 Å². The monoisotopic (exact) mass is 398 g/mol. The van der Waals surface area contributed by atoms with E-state index in [0.29, 0.717) is 17.2 Å². The van der Waals surface area contributed by atoms with Crippen LogP contribution in [0, 0.1) is 0 Å². The van der Waals surface area contributed by atoms with Crippen molar-refractivity contribution in [1.82, 2.24) is 4.90 Å². The highest BCUT2D eigenvalue weighted by Crippen LogP contribution is 2.24. The van der Waals surface area contributed by atoms with Gasteiger partial charge < -0.3 is 9.47 Å². The number of rotatable bonds is 5. The van der Waals surface area contributed by atoms with Crippen molar-refractivity contribution in [3.8, 4) is 0 Å². The lowest BCUT2D eigenvalue weighted by molar-refractivity contribution is 0.0195. The van der Waals surface area contributed by atoms with Gasteiger partial charge in [-0.3, -0.25) is 9.89 Å². The van der Waals surface area contributed by atoms with Crippen molar-refractivity contribution in [1.29, 1.82) is 0 Å². The van der Waals surface area contributed by atoms with E-state index in [2.05, 4.69) is 16.0 Å². The van der Waals surface area contributed by atoms with Gasteiger partial charge in [0, 0.05) is 42.3 Å². The van der Waals surface area contributed by atoms with E-state index in [1.807, 2.05) is 24.3 Å². The number of ether oxygens (including phenoxy) is 2. The minimum Gasteiger partial charge on any atom is -0.461 e. The normalized spacial score (nSPS) is 17.0. The van der Waals surface area contributed by atoms with Crippen molar-refractivity contribution >= 4 is 23.3 Å². The Kier molecular flexibility index (Phi) is 6.05. The van der Waals surface area contributed by atoms with Crippen LogP contribution in [0.5, 0.6) is 0 Å². The fourth-order valence-corrected chi connectivity index (χ4v) is 3.72. The summed E-state index contributed by atoms with van der Waals surface area (Å²) in [5, 5.41) is 0.703. The Morgan fingerprint density at radius 3 is 2.71 bits per heavy atom. The minimum absolute atomic E-state index is 0.297. The van der Waals surface area contributed by atoms with Gasteiger partial charge in [-0.15, -0.1) is 0 Å². The maximum atomic E-state index is 12.3. The number of carbonyl (C=O) groups is 1. The second-order valence-corrected chi connectivity index (χ2v) is 7.39. The molecule has 0 saturated carbocycles. The molecule has 0 aliphatic carbocycles. The predicted octanol–water partition coefficient (Wildman–Crippen LogP) is 3.22. The highest BCUT2D eigenvalue weighted by molar-refractivity contribution is 6.31. The standard InChI is InChI=1S/C22H23ClN2O3/c23-19-6-5-16-7-8-24-21(20(16)15-19)17-1-3-18(4-2-17)22(26)28-14-11-25-9-12-27-13-10-25/h1-6,15H,7-14H2. The first-order chi connectivity index (χ1) is 13.7. The Morgan fingerprint density at radius 1 is 1.14 bits per heavy atom. The van der Waals surface area contributed by atoms with E-state index in [1.165, 1.54) is 5.56 Å². The molecule has 4 rings (SSSR count). The molecule has 0 unspecified atom stereocenters. The number of esters is 1. The summed E-state index contributed by atoms with van der Waals surface area (Å²) in [6, 6.07) is 13.4. The van der Waals surface area contributed by atoms with Crippen molar-refractivity contribution < 1.29 is 14.3 Å². The van der Waals surface area contributed by atoms with Crippen LogP contribution >= 0.6 is 11.6 Å². The first-order valence-corrected chi connectivity index (χ1v) is 9.99. The van der Waals surface area contributed by atoms with Crippen LogP contribution in [0.1, 0.15) is 27.0 Å². The van der Waals surface area contributed by atoms with Crippen LogP contribution in [0.25, 0.3) is 0 Å². The summed E-state index contributed by atoms with van der Waals surface area (Å²) >= 11 is 6.17. The molecule has 1 saturated heterocycles. The summed E-state index contributed by atoms with van der Waals surface area (Å²) < 4.78 is 10.7. The fourth-order valence-electron chi connectivity index (χ4n) is 3.55. The largest absolute Gasteiger partial charge is 0.461 e. The Balaban J connectivity index is 1.39. The van der Waals surface area contributed by atoms with E-state index in [-0.39, 0.29) is 5.97 Å². The Morgan fingerprint density at radius 2 is 1.93 bits per heavy atom. The molecule has 0 spiro atoms. The van der Waals surface area contributed by atoms with Gasteiger partial charge in [0.2, 0.25) is 0 Å². The lowest BCUT2D eigenvalue weighted by atomic mass is 9.93. The summed E-state index contributed by atoms with van der Waals surface area (Å²) in [6.07, 6.45) is 0.920. The molecule has 0 N–H and O–H groups in total.